The van der Waals surface area contributed by atoms with Crippen LogP contribution in [0.3, 0.4) is 0 Å². The number of para-hydroxylation sites is 1. The van der Waals surface area contributed by atoms with Crippen LogP contribution in [0, 0.1) is 13.8 Å². The van der Waals surface area contributed by atoms with E-state index >= 15 is 0 Å². The van der Waals surface area contributed by atoms with Crippen LogP contribution in [-0.2, 0) is 20.8 Å². The van der Waals surface area contributed by atoms with Gasteiger partial charge in [-0.15, -0.1) is 0 Å². The molecule has 1 aromatic carbocycles. The van der Waals surface area contributed by atoms with E-state index in [-0.39, 0.29) is 24.4 Å². The van der Waals surface area contributed by atoms with Gasteiger partial charge in [-0.3, -0.25) is 19.0 Å². The van der Waals surface area contributed by atoms with Gasteiger partial charge in [0.2, 0.25) is 5.78 Å². The first-order valence-electron chi connectivity index (χ1n) is 9.32. The molecule has 0 aliphatic rings. The normalized spacial score (nSPS) is 10.8. The van der Waals surface area contributed by atoms with Crippen molar-refractivity contribution in [2.45, 2.75) is 27.3 Å². The number of carbonyl (C=O) groups is 3. The number of hydrogen-bond donors (Lipinski definition) is 1. The van der Waals surface area contributed by atoms with Crippen molar-refractivity contribution in [1.29, 1.82) is 0 Å². The molecule has 2 heterocycles. The van der Waals surface area contributed by atoms with Crippen LogP contribution in [0.5, 0.6) is 0 Å². The number of H-pyrrole nitrogens is 1. The van der Waals surface area contributed by atoms with Gasteiger partial charge in [-0.1, -0.05) is 12.1 Å². The smallest absolute Gasteiger partial charge is 0.340 e. The zero-order chi connectivity index (χ0) is 21.8. The minimum absolute atomic E-state index is 0.174. The second-order valence-electron chi connectivity index (χ2n) is 6.62. The van der Waals surface area contributed by atoms with Gasteiger partial charge < -0.3 is 14.5 Å². The molecule has 9 nitrogen and oxygen atoms in total. The maximum absolute atomic E-state index is 12.5. The molecule has 3 rings (SSSR count). The largest absolute Gasteiger partial charge is 0.462 e. The monoisotopic (exact) mass is 411 g/mol. The van der Waals surface area contributed by atoms with Gasteiger partial charge in [0.05, 0.1) is 35.1 Å². The van der Waals surface area contributed by atoms with E-state index in [1.165, 1.54) is 6.33 Å². The molecule has 0 bridgehead atoms. The van der Waals surface area contributed by atoms with Gasteiger partial charge in [0.15, 0.2) is 6.61 Å². The molecule has 0 spiro atoms. The third kappa shape index (κ3) is 4.14. The minimum atomic E-state index is -0.755. The standard InChI is InChI=1S/C21H21N3O6/c1-4-29-21(28)18-12(2)19(23-13(18)3)16(25)10-30-17(26)9-24-11-22-15-8-6-5-7-14(15)20(24)27/h5-8,11,23H,4,9-10H2,1-3H3. The fraction of sp³-hybridized carbons (Fsp3) is 0.286. The highest BCUT2D eigenvalue weighted by molar-refractivity contribution is 6.02. The van der Waals surface area contributed by atoms with Gasteiger partial charge in [-0.25, -0.2) is 9.78 Å². The molecule has 0 aliphatic carbocycles. The average Bonchev–Trinajstić information content (AvgIpc) is 3.03. The molecular formula is C21H21N3O6. The highest BCUT2D eigenvalue weighted by Crippen LogP contribution is 2.19. The molecule has 3 aromatic rings. The Balaban J connectivity index is 1.68. The van der Waals surface area contributed by atoms with Crippen molar-refractivity contribution in [2.24, 2.45) is 0 Å². The number of esters is 2. The number of aryl methyl sites for hydroxylation is 1. The number of nitrogens with zero attached hydrogens (tertiary/aromatic N) is 2. The predicted octanol–water partition coefficient (Wildman–Crippen LogP) is 1.94. The number of aromatic amines is 1. The van der Waals surface area contributed by atoms with E-state index in [4.69, 9.17) is 9.47 Å². The lowest BCUT2D eigenvalue weighted by Gasteiger charge is -2.07. The van der Waals surface area contributed by atoms with E-state index in [0.29, 0.717) is 27.7 Å². The van der Waals surface area contributed by atoms with Crippen LogP contribution >= 0.6 is 0 Å². The van der Waals surface area contributed by atoms with E-state index < -0.39 is 24.3 Å². The minimum Gasteiger partial charge on any atom is -0.462 e. The van der Waals surface area contributed by atoms with Crippen molar-refractivity contribution < 1.29 is 23.9 Å². The van der Waals surface area contributed by atoms with Crippen LogP contribution in [0.15, 0.2) is 35.4 Å². The zero-order valence-electron chi connectivity index (χ0n) is 16.9. The summed E-state index contributed by atoms with van der Waals surface area (Å²) < 4.78 is 11.1. The van der Waals surface area contributed by atoms with E-state index in [9.17, 15) is 19.2 Å². The van der Waals surface area contributed by atoms with E-state index in [1.54, 1.807) is 45.0 Å². The topological polar surface area (TPSA) is 120 Å². The number of rotatable bonds is 7. The Morgan fingerprint density at radius 3 is 2.60 bits per heavy atom. The van der Waals surface area contributed by atoms with E-state index in [0.717, 1.165) is 4.57 Å². The molecule has 2 aromatic heterocycles. The number of Topliss-reactive ketones (excluding diaryl/α,β-unsaturated/α-hetero) is 1. The number of benzene rings is 1. The lowest BCUT2D eigenvalue weighted by Crippen LogP contribution is -2.27. The van der Waals surface area contributed by atoms with Gasteiger partial charge in [0.25, 0.3) is 5.56 Å². The summed E-state index contributed by atoms with van der Waals surface area (Å²) in [6.45, 7) is 4.27. The van der Waals surface area contributed by atoms with Crippen LogP contribution in [0.25, 0.3) is 10.9 Å². The molecule has 0 fully saturated rings. The summed E-state index contributed by atoms with van der Waals surface area (Å²) in [5, 5.41) is 0.382. The third-order valence-corrected chi connectivity index (χ3v) is 4.59. The third-order valence-electron chi connectivity index (χ3n) is 4.59. The van der Waals surface area contributed by atoms with Crippen LogP contribution in [0.1, 0.15) is 39.0 Å². The molecule has 0 unspecified atom stereocenters. The molecular weight excluding hydrogens is 390 g/mol. The van der Waals surface area contributed by atoms with Crippen LogP contribution < -0.4 is 5.56 Å². The molecule has 9 heteroatoms. The second kappa shape index (κ2) is 8.73. The summed E-state index contributed by atoms with van der Waals surface area (Å²) >= 11 is 0. The Morgan fingerprint density at radius 2 is 1.87 bits per heavy atom. The summed E-state index contributed by atoms with van der Waals surface area (Å²) in [5.74, 6) is -1.78. The van der Waals surface area contributed by atoms with Crippen molar-refractivity contribution in [3.8, 4) is 0 Å². The number of carbonyl (C=O) groups excluding carboxylic acids is 3. The Morgan fingerprint density at radius 1 is 1.13 bits per heavy atom. The van der Waals surface area contributed by atoms with Gasteiger partial charge >= 0.3 is 11.9 Å². The van der Waals surface area contributed by atoms with Crippen molar-refractivity contribution in [3.05, 3.63) is 63.5 Å². The maximum Gasteiger partial charge on any atom is 0.340 e. The fourth-order valence-electron chi connectivity index (χ4n) is 3.16. The quantitative estimate of drug-likeness (QED) is 0.466. The first-order chi connectivity index (χ1) is 14.3. The lowest BCUT2D eigenvalue weighted by atomic mass is 10.1. The van der Waals surface area contributed by atoms with Crippen molar-refractivity contribution >= 4 is 28.6 Å². The van der Waals surface area contributed by atoms with Gasteiger partial charge in [0.1, 0.15) is 6.54 Å². The number of ketones is 1. The summed E-state index contributed by atoms with van der Waals surface area (Å²) in [5.41, 5.74) is 1.54. The first kappa shape index (κ1) is 21.0. The fourth-order valence-corrected chi connectivity index (χ4v) is 3.16. The molecule has 0 radical (unpaired) electrons. The Kier molecular flexibility index (Phi) is 6.10. The number of ether oxygens (including phenoxy) is 2. The Hall–Kier alpha value is -3.75. The number of aromatic nitrogens is 3. The number of fused-ring (bicyclic) bond motifs is 1. The lowest BCUT2D eigenvalue weighted by molar-refractivity contribution is -0.143. The van der Waals surface area contributed by atoms with Gasteiger partial charge in [0, 0.05) is 5.69 Å². The number of hydrogen-bond acceptors (Lipinski definition) is 7. The van der Waals surface area contributed by atoms with E-state index in [2.05, 4.69) is 9.97 Å². The van der Waals surface area contributed by atoms with E-state index in [1.807, 2.05) is 0 Å². The second-order valence-corrected chi connectivity index (χ2v) is 6.62. The summed E-state index contributed by atoms with van der Waals surface area (Å²) in [6.07, 6.45) is 1.26. The summed E-state index contributed by atoms with van der Waals surface area (Å²) in [4.78, 5) is 56.1. The summed E-state index contributed by atoms with van der Waals surface area (Å²) in [7, 11) is 0. The molecule has 30 heavy (non-hydrogen) atoms. The molecule has 1 N–H and O–H groups in total. The first-order valence-corrected chi connectivity index (χ1v) is 9.32. The van der Waals surface area contributed by atoms with Crippen LogP contribution in [0.4, 0.5) is 0 Å². The van der Waals surface area contributed by atoms with Crippen molar-refractivity contribution in [1.82, 2.24) is 14.5 Å². The molecule has 0 saturated heterocycles. The van der Waals surface area contributed by atoms with Crippen molar-refractivity contribution in [2.75, 3.05) is 13.2 Å². The number of nitrogens with one attached hydrogen (secondary N) is 1. The van der Waals surface area contributed by atoms with Gasteiger partial charge in [-0.2, -0.15) is 0 Å². The predicted molar refractivity (Wildman–Crippen MR) is 108 cm³/mol. The molecule has 0 atom stereocenters. The van der Waals surface area contributed by atoms with Crippen LogP contribution in [-0.4, -0.2) is 45.5 Å². The highest BCUT2D eigenvalue weighted by atomic mass is 16.5. The van der Waals surface area contributed by atoms with Crippen molar-refractivity contribution in [3.63, 3.8) is 0 Å². The SMILES string of the molecule is CCOC(=O)c1c(C)[nH]c(C(=O)COC(=O)Cn2cnc3ccccc3c2=O)c1C. The zero-order valence-corrected chi connectivity index (χ0v) is 16.9. The van der Waals surface area contributed by atoms with Crippen LogP contribution in [0.2, 0.25) is 0 Å². The summed E-state index contributed by atoms with van der Waals surface area (Å²) in [6, 6.07) is 6.78. The Bertz CT molecular complexity index is 1190. The molecule has 0 amide bonds. The highest BCUT2D eigenvalue weighted by Gasteiger charge is 2.23. The molecule has 156 valence electrons. The molecule has 0 aliphatic heterocycles. The average molecular weight is 411 g/mol. The Labute approximate surface area is 171 Å². The maximum atomic E-state index is 12.5. The molecule has 0 saturated carbocycles. The van der Waals surface area contributed by atoms with Gasteiger partial charge in [-0.05, 0) is 38.5 Å².